The lowest BCUT2D eigenvalue weighted by molar-refractivity contribution is -0.136. The first kappa shape index (κ1) is 41.2. The summed E-state index contributed by atoms with van der Waals surface area (Å²) in [7, 11) is 2.59. The summed E-state index contributed by atoms with van der Waals surface area (Å²) in [6.07, 6.45) is 6.71. The fourth-order valence-corrected chi connectivity index (χ4v) is 8.68. The van der Waals surface area contributed by atoms with E-state index in [9.17, 15) is 19.2 Å². The lowest BCUT2D eigenvalue weighted by Crippen LogP contribution is -2.51. The number of hydrogen-bond donors (Lipinski definition) is 4. The van der Waals surface area contributed by atoms with Crippen LogP contribution in [0.1, 0.15) is 94.8 Å². The number of fused-ring (bicyclic) bond motifs is 3. The van der Waals surface area contributed by atoms with E-state index in [4.69, 9.17) is 19.4 Å². The molecule has 0 saturated carbocycles. The summed E-state index contributed by atoms with van der Waals surface area (Å²) in [5.74, 6) is 0.857. The van der Waals surface area contributed by atoms with Crippen molar-refractivity contribution in [1.82, 2.24) is 40.4 Å². The number of imidazole rings is 2. The van der Waals surface area contributed by atoms with Gasteiger partial charge in [0.25, 0.3) is 0 Å². The first-order valence-corrected chi connectivity index (χ1v) is 20.7. The molecule has 4 amide bonds. The van der Waals surface area contributed by atoms with E-state index in [2.05, 4.69) is 69.6 Å². The van der Waals surface area contributed by atoms with E-state index in [-0.39, 0.29) is 29.7 Å². The zero-order chi connectivity index (χ0) is 42.0. The molecule has 14 heteroatoms. The molecular formula is C45H56N8O6. The van der Waals surface area contributed by atoms with Gasteiger partial charge in [-0.15, -0.1) is 0 Å². The Morgan fingerprint density at radius 2 is 1.39 bits per heavy atom. The monoisotopic (exact) mass is 804 g/mol. The molecule has 0 radical (unpaired) electrons. The Balaban J connectivity index is 1.09. The number of amides is 4. The minimum atomic E-state index is -0.740. The lowest BCUT2D eigenvalue weighted by Gasteiger charge is -2.30. The van der Waals surface area contributed by atoms with Crippen molar-refractivity contribution in [2.24, 2.45) is 11.8 Å². The highest BCUT2D eigenvalue weighted by Gasteiger charge is 2.40. The zero-order valence-electron chi connectivity index (χ0n) is 34.9. The third-order valence-corrected chi connectivity index (χ3v) is 12.0. The highest BCUT2D eigenvalue weighted by Crippen LogP contribution is 2.39. The number of methoxy groups -OCH3 is 2. The standard InChI is InChI=1S/C45H56N8O6/c1-25(2)36(50-44(56)58-6)42(54)52-21-10-13-35(52)40-47-33-12-9-8-11-31-23-30(18-19-32(31)38(33)49-40)28-14-16-29(17-15-28)34-24-46-41(48-34)39-27(5)20-22-53(39)43(55)37(26(3)4)51-45(57)59-7/h14-19,23-26,35-37,39H,5,8-13,20-22H2,1-4,6-7H3,(H,46,48)(H,47,49)(H,50,56)(H,51,57)/t35-,36-,37-,39-/m0/s1. The Bertz CT molecular complexity index is 2210. The van der Waals surface area contributed by atoms with Gasteiger partial charge in [-0.1, -0.05) is 76.7 Å². The van der Waals surface area contributed by atoms with Crippen LogP contribution in [0, 0.1) is 11.8 Å². The Kier molecular flexibility index (Phi) is 12.2. The van der Waals surface area contributed by atoms with Crippen LogP contribution >= 0.6 is 0 Å². The third-order valence-electron chi connectivity index (χ3n) is 12.0. The van der Waals surface area contributed by atoms with E-state index < -0.39 is 30.3 Å². The van der Waals surface area contributed by atoms with Gasteiger partial charge in [-0.2, -0.15) is 0 Å². The number of hydrogen-bond acceptors (Lipinski definition) is 8. The molecule has 2 fully saturated rings. The molecular weight excluding hydrogens is 749 g/mol. The van der Waals surface area contributed by atoms with Crippen LogP contribution in [0.25, 0.3) is 33.6 Å². The largest absolute Gasteiger partial charge is 0.453 e. The second kappa shape index (κ2) is 17.5. The maximum Gasteiger partial charge on any atom is 0.407 e. The predicted octanol–water partition coefficient (Wildman–Crippen LogP) is 7.27. The van der Waals surface area contributed by atoms with Crippen LogP contribution in [-0.4, -0.2) is 93.1 Å². The molecule has 2 aromatic carbocycles. The summed E-state index contributed by atoms with van der Waals surface area (Å²) >= 11 is 0. The Morgan fingerprint density at radius 3 is 2.05 bits per heavy atom. The first-order chi connectivity index (χ1) is 28.4. The van der Waals surface area contributed by atoms with Gasteiger partial charge < -0.3 is 39.9 Å². The number of H-pyrrole nitrogens is 2. The van der Waals surface area contributed by atoms with Gasteiger partial charge in [-0.25, -0.2) is 19.6 Å². The van der Waals surface area contributed by atoms with E-state index in [0.717, 1.165) is 89.3 Å². The molecule has 14 nitrogen and oxygen atoms in total. The number of nitrogens with zero attached hydrogens (tertiary/aromatic N) is 4. The van der Waals surface area contributed by atoms with Crippen LogP contribution in [0.5, 0.6) is 0 Å². The molecule has 2 aromatic heterocycles. The van der Waals surface area contributed by atoms with Gasteiger partial charge in [0.1, 0.15) is 29.8 Å². The van der Waals surface area contributed by atoms with Gasteiger partial charge in [0, 0.05) is 24.3 Å². The van der Waals surface area contributed by atoms with Crippen molar-refractivity contribution in [3.63, 3.8) is 0 Å². The fourth-order valence-electron chi connectivity index (χ4n) is 8.68. The van der Waals surface area contributed by atoms with Crippen molar-refractivity contribution in [1.29, 1.82) is 0 Å². The molecule has 0 spiro atoms. The molecule has 7 rings (SSSR count). The topological polar surface area (TPSA) is 175 Å². The molecule has 4 N–H and O–H groups in total. The van der Waals surface area contributed by atoms with Crippen LogP contribution in [-0.2, 0) is 31.9 Å². The van der Waals surface area contributed by atoms with Gasteiger partial charge in [-0.05, 0) is 84.6 Å². The molecule has 2 saturated heterocycles. The maximum absolute atomic E-state index is 13.8. The second-order valence-electron chi connectivity index (χ2n) is 16.5. The average Bonchev–Trinajstić information content (AvgIpc) is 4.05. The number of alkyl carbamates (subject to hydrolysis) is 2. The number of aryl methyl sites for hydroxylation is 2. The van der Waals surface area contributed by atoms with Crippen molar-refractivity contribution in [3.05, 3.63) is 83.7 Å². The number of rotatable bonds is 10. The smallest absolute Gasteiger partial charge is 0.407 e. The third kappa shape index (κ3) is 8.48. The van der Waals surface area contributed by atoms with Gasteiger partial charge in [0.15, 0.2) is 0 Å². The minimum absolute atomic E-state index is 0.106. The van der Waals surface area contributed by atoms with Crippen molar-refractivity contribution < 1.29 is 28.7 Å². The molecule has 4 heterocycles. The summed E-state index contributed by atoms with van der Waals surface area (Å²) in [4.78, 5) is 72.2. The molecule has 2 aliphatic heterocycles. The minimum Gasteiger partial charge on any atom is -0.453 e. The lowest BCUT2D eigenvalue weighted by atomic mass is 9.90. The number of ether oxygens (including phenoxy) is 2. The SMILES string of the molecule is C=C1CCN(C(=O)[C@@H](NC(=O)OC)C(C)C)[C@@H]1c1ncc(-c2ccc(-c3ccc4c(c3)CCCCc3[nH]c([C@@H]5CCCN5C(=O)[C@@H](NC(=O)OC)C(C)C)nc3-4)cc2)[nH]1. The van der Waals surface area contributed by atoms with Crippen LogP contribution in [0.3, 0.4) is 0 Å². The van der Waals surface area contributed by atoms with Crippen molar-refractivity contribution in [3.8, 4) is 33.6 Å². The summed E-state index contributed by atoms with van der Waals surface area (Å²) in [6, 6.07) is 12.9. The summed E-state index contributed by atoms with van der Waals surface area (Å²) < 4.78 is 9.59. The number of carbonyl (C=O) groups is 4. The van der Waals surface area contributed by atoms with Crippen molar-refractivity contribution in [2.75, 3.05) is 27.3 Å². The molecule has 4 atom stereocenters. The fraction of sp³-hybridized carbons (Fsp3) is 0.467. The maximum atomic E-state index is 13.8. The highest BCUT2D eigenvalue weighted by molar-refractivity contribution is 5.87. The first-order valence-electron chi connectivity index (χ1n) is 20.7. The Morgan fingerprint density at radius 1 is 0.763 bits per heavy atom. The van der Waals surface area contributed by atoms with E-state index in [1.807, 2.05) is 32.6 Å². The summed E-state index contributed by atoms with van der Waals surface area (Å²) in [6.45, 7) is 13.0. The quantitative estimate of drug-likeness (QED) is 0.121. The molecule has 0 bridgehead atoms. The van der Waals surface area contributed by atoms with Crippen LogP contribution in [0.2, 0.25) is 0 Å². The van der Waals surface area contributed by atoms with Crippen LogP contribution < -0.4 is 10.6 Å². The number of benzene rings is 2. The number of aromatic nitrogens is 4. The molecule has 4 aromatic rings. The second-order valence-corrected chi connectivity index (χ2v) is 16.5. The van der Waals surface area contributed by atoms with Gasteiger partial charge in [0.2, 0.25) is 11.8 Å². The van der Waals surface area contributed by atoms with Crippen molar-refractivity contribution in [2.45, 2.75) is 96.8 Å². The number of nitrogens with one attached hydrogen (secondary N) is 4. The van der Waals surface area contributed by atoms with Crippen LogP contribution in [0.4, 0.5) is 9.59 Å². The van der Waals surface area contributed by atoms with Gasteiger partial charge >= 0.3 is 12.2 Å². The number of aromatic amines is 2. The number of carbonyl (C=O) groups excluding carboxylic acids is 4. The Hall–Kier alpha value is -5.92. The van der Waals surface area contributed by atoms with Crippen molar-refractivity contribution >= 4 is 24.0 Å². The van der Waals surface area contributed by atoms with E-state index in [1.165, 1.54) is 19.8 Å². The number of likely N-dealkylation sites (tertiary alicyclic amines) is 2. The highest BCUT2D eigenvalue weighted by atomic mass is 16.5. The summed E-state index contributed by atoms with van der Waals surface area (Å²) in [5, 5.41) is 5.43. The van der Waals surface area contributed by atoms with Crippen LogP contribution in [0.15, 0.2) is 60.8 Å². The molecule has 0 unspecified atom stereocenters. The molecule has 59 heavy (non-hydrogen) atoms. The molecule has 3 aliphatic rings. The van der Waals surface area contributed by atoms with E-state index >= 15 is 0 Å². The molecule has 312 valence electrons. The van der Waals surface area contributed by atoms with Gasteiger partial charge in [0.05, 0.1) is 37.8 Å². The Labute approximate surface area is 345 Å². The normalized spacial score (nSPS) is 18.8. The van der Waals surface area contributed by atoms with E-state index in [0.29, 0.717) is 25.3 Å². The van der Waals surface area contributed by atoms with Gasteiger partial charge in [-0.3, -0.25) is 9.59 Å². The van der Waals surface area contributed by atoms with E-state index in [1.54, 1.807) is 11.1 Å². The summed E-state index contributed by atoms with van der Waals surface area (Å²) in [5.41, 5.74) is 9.25. The molecule has 1 aliphatic carbocycles. The predicted molar refractivity (Wildman–Crippen MR) is 224 cm³/mol. The average molecular weight is 805 g/mol. The zero-order valence-corrected chi connectivity index (χ0v) is 34.9.